The molecule has 1 amide bonds. The van der Waals surface area contributed by atoms with Gasteiger partial charge < -0.3 is 15.2 Å². The highest BCUT2D eigenvalue weighted by Crippen LogP contribution is 2.03. The van der Waals surface area contributed by atoms with Crippen LogP contribution in [0.5, 0.6) is 0 Å². The molecule has 5 nitrogen and oxygen atoms in total. The second kappa shape index (κ2) is 9.88. The van der Waals surface area contributed by atoms with Gasteiger partial charge in [0.15, 0.2) is 0 Å². The quantitative estimate of drug-likeness (QED) is 0.588. The maximum absolute atomic E-state index is 11.7. The third-order valence-electron chi connectivity index (χ3n) is 2.70. The van der Waals surface area contributed by atoms with E-state index in [2.05, 4.69) is 5.32 Å². The Hall–Kier alpha value is -1.10. The number of carbonyl (C=O) groups is 2. The van der Waals surface area contributed by atoms with Gasteiger partial charge in [-0.05, 0) is 19.8 Å². The number of rotatable bonds is 10. The molecule has 0 aliphatic heterocycles. The predicted octanol–water partition coefficient (Wildman–Crippen LogP) is 1.95. The van der Waals surface area contributed by atoms with Crippen molar-refractivity contribution in [3.05, 3.63) is 0 Å². The number of carboxylic acids is 1. The number of hydrogen-bond donors (Lipinski definition) is 2. The molecule has 0 bridgehead atoms. The predicted molar refractivity (Wildman–Crippen MR) is 69.4 cm³/mol. The van der Waals surface area contributed by atoms with Crippen LogP contribution in [0.4, 0.5) is 0 Å². The Morgan fingerprint density at radius 1 is 1.22 bits per heavy atom. The summed E-state index contributed by atoms with van der Waals surface area (Å²) in [5.41, 5.74) is 0. The van der Waals surface area contributed by atoms with Crippen molar-refractivity contribution in [2.24, 2.45) is 0 Å². The number of carboxylic acid groups (broad SMARTS) is 1. The van der Waals surface area contributed by atoms with Crippen LogP contribution in [0.2, 0.25) is 0 Å². The van der Waals surface area contributed by atoms with Gasteiger partial charge in [0.2, 0.25) is 5.91 Å². The number of nitrogens with one attached hydrogen (secondary N) is 1. The van der Waals surface area contributed by atoms with Gasteiger partial charge in [0.1, 0.15) is 12.1 Å². The Balaban J connectivity index is 4.10. The molecule has 0 saturated carbocycles. The number of aliphatic carboxylic acids is 1. The summed E-state index contributed by atoms with van der Waals surface area (Å²) >= 11 is 0. The van der Waals surface area contributed by atoms with Crippen molar-refractivity contribution in [3.63, 3.8) is 0 Å². The fourth-order valence-corrected chi connectivity index (χ4v) is 1.43. The molecule has 0 aromatic heterocycles. The van der Waals surface area contributed by atoms with Crippen LogP contribution in [0.25, 0.3) is 0 Å². The third kappa shape index (κ3) is 7.27. The Labute approximate surface area is 109 Å². The van der Waals surface area contributed by atoms with E-state index in [1.807, 2.05) is 13.8 Å². The van der Waals surface area contributed by atoms with Crippen molar-refractivity contribution >= 4 is 11.9 Å². The molecular formula is C13H25NO4. The summed E-state index contributed by atoms with van der Waals surface area (Å²) in [6.45, 7) is 6.19. The molecule has 2 unspecified atom stereocenters. The first-order valence-corrected chi connectivity index (χ1v) is 6.67. The molecule has 0 aliphatic carbocycles. The molecule has 5 heteroatoms. The lowest BCUT2D eigenvalue weighted by Crippen LogP contribution is -2.45. The van der Waals surface area contributed by atoms with Gasteiger partial charge in [-0.1, -0.05) is 33.1 Å². The smallest absolute Gasteiger partial charge is 0.326 e. The van der Waals surface area contributed by atoms with E-state index in [4.69, 9.17) is 9.84 Å². The Morgan fingerprint density at radius 3 is 2.33 bits per heavy atom. The molecule has 0 radical (unpaired) electrons. The van der Waals surface area contributed by atoms with Crippen LogP contribution in [0.15, 0.2) is 0 Å². The lowest BCUT2D eigenvalue weighted by Gasteiger charge is -2.18. The number of unbranched alkanes of at least 4 members (excludes halogenated alkanes) is 2. The SMILES string of the molecule is CCCCOC(C)C(=O)NC(CCCC)C(=O)O. The van der Waals surface area contributed by atoms with E-state index in [9.17, 15) is 9.59 Å². The van der Waals surface area contributed by atoms with Gasteiger partial charge in [-0.3, -0.25) is 4.79 Å². The lowest BCUT2D eigenvalue weighted by atomic mass is 10.1. The fourth-order valence-electron chi connectivity index (χ4n) is 1.43. The number of amides is 1. The van der Waals surface area contributed by atoms with E-state index in [0.29, 0.717) is 13.0 Å². The van der Waals surface area contributed by atoms with Crippen LogP contribution >= 0.6 is 0 Å². The number of carbonyl (C=O) groups excluding carboxylic acids is 1. The molecular weight excluding hydrogens is 234 g/mol. The van der Waals surface area contributed by atoms with Gasteiger partial charge in [0.05, 0.1) is 0 Å². The highest BCUT2D eigenvalue weighted by Gasteiger charge is 2.22. The highest BCUT2D eigenvalue weighted by atomic mass is 16.5. The zero-order chi connectivity index (χ0) is 14.0. The van der Waals surface area contributed by atoms with Crippen LogP contribution in [0.3, 0.4) is 0 Å². The first-order valence-electron chi connectivity index (χ1n) is 6.67. The molecule has 2 atom stereocenters. The zero-order valence-corrected chi connectivity index (χ0v) is 11.6. The Bertz CT molecular complexity index is 255. The van der Waals surface area contributed by atoms with E-state index in [-0.39, 0.29) is 5.91 Å². The van der Waals surface area contributed by atoms with E-state index < -0.39 is 18.1 Å². The molecule has 0 fully saturated rings. The monoisotopic (exact) mass is 259 g/mol. The van der Waals surface area contributed by atoms with Crippen molar-refractivity contribution in [2.75, 3.05) is 6.61 Å². The minimum absolute atomic E-state index is 0.352. The molecule has 0 heterocycles. The maximum atomic E-state index is 11.7. The van der Waals surface area contributed by atoms with Crippen LogP contribution in [0.1, 0.15) is 52.9 Å². The Morgan fingerprint density at radius 2 is 1.83 bits per heavy atom. The summed E-state index contributed by atoms with van der Waals surface area (Å²) in [4.78, 5) is 22.7. The molecule has 0 rings (SSSR count). The van der Waals surface area contributed by atoms with Gasteiger partial charge >= 0.3 is 5.97 Å². The van der Waals surface area contributed by atoms with E-state index >= 15 is 0 Å². The molecule has 0 saturated heterocycles. The van der Waals surface area contributed by atoms with Crippen LogP contribution in [-0.4, -0.2) is 35.7 Å². The summed E-state index contributed by atoms with van der Waals surface area (Å²) < 4.78 is 5.32. The minimum atomic E-state index is -0.988. The topological polar surface area (TPSA) is 75.6 Å². The summed E-state index contributed by atoms with van der Waals surface area (Å²) in [5.74, 6) is -1.34. The molecule has 0 aliphatic rings. The van der Waals surface area contributed by atoms with E-state index in [0.717, 1.165) is 25.7 Å². The maximum Gasteiger partial charge on any atom is 0.326 e. The van der Waals surface area contributed by atoms with Gasteiger partial charge in [0.25, 0.3) is 0 Å². The van der Waals surface area contributed by atoms with Crippen LogP contribution in [0, 0.1) is 0 Å². The largest absolute Gasteiger partial charge is 0.480 e. The van der Waals surface area contributed by atoms with Gasteiger partial charge in [0, 0.05) is 6.61 Å². The standard InChI is InChI=1S/C13H25NO4/c1-4-6-8-11(13(16)17)14-12(15)10(3)18-9-7-5-2/h10-11H,4-9H2,1-3H3,(H,14,15)(H,16,17). The van der Waals surface area contributed by atoms with E-state index in [1.165, 1.54) is 0 Å². The normalized spacial score (nSPS) is 13.9. The summed E-state index contributed by atoms with van der Waals surface area (Å²) in [7, 11) is 0. The summed E-state index contributed by atoms with van der Waals surface area (Å²) in [5, 5.41) is 11.5. The minimum Gasteiger partial charge on any atom is -0.480 e. The summed E-state index contributed by atoms with van der Waals surface area (Å²) in [6.07, 6.45) is 3.45. The molecule has 18 heavy (non-hydrogen) atoms. The second-order valence-electron chi connectivity index (χ2n) is 4.41. The zero-order valence-electron chi connectivity index (χ0n) is 11.6. The fraction of sp³-hybridized carbons (Fsp3) is 0.846. The lowest BCUT2D eigenvalue weighted by molar-refractivity contribution is -0.144. The van der Waals surface area contributed by atoms with Gasteiger partial charge in [-0.2, -0.15) is 0 Å². The molecule has 0 aromatic carbocycles. The van der Waals surface area contributed by atoms with Crippen LogP contribution < -0.4 is 5.32 Å². The Kier molecular flexibility index (Phi) is 9.28. The molecule has 106 valence electrons. The van der Waals surface area contributed by atoms with Crippen molar-refractivity contribution < 1.29 is 19.4 Å². The highest BCUT2D eigenvalue weighted by molar-refractivity contribution is 5.86. The van der Waals surface area contributed by atoms with Crippen molar-refractivity contribution in [3.8, 4) is 0 Å². The molecule has 0 aromatic rings. The van der Waals surface area contributed by atoms with Crippen molar-refractivity contribution in [2.45, 2.75) is 65.0 Å². The third-order valence-corrected chi connectivity index (χ3v) is 2.70. The number of hydrogen-bond acceptors (Lipinski definition) is 3. The van der Waals surface area contributed by atoms with Crippen LogP contribution in [-0.2, 0) is 14.3 Å². The number of ether oxygens (including phenoxy) is 1. The summed E-state index contributed by atoms with van der Waals surface area (Å²) in [6, 6.07) is -0.810. The van der Waals surface area contributed by atoms with Crippen molar-refractivity contribution in [1.82, 2.24) is 5.32 Å². The first-order chi connectivity index (χ1) is 8.52. The second-order valence-corrected chi connectivity index (χ2v) is 4.41. The molecule has 2 N–H and O–H groups in total. The average molecular weight is 259 g/mol. The van der Waals surface area contributed by atoms with E-state index in [1.54, 1.807) is 6.92 Å². The van der Waals surface area contributed by atoms with Gasteiger partial charge in [-0.15, -0.1) is 0 Å². The molecule has 0 spiro atoms. The van der Waals surface area contributed by atoms with Crippen molar-refractivity contribution in [1.29, 1.82) is 0 Å². The van der Waals surface area contributed by atoms with Gasteiger partial charge in [-0.25, -0.2) is 4.79 Å². The first kappa shape index (κ1) is 16.9. The average Bonchev–Trinajstić information content (AvgIpc) is 2.33.